The summed E-state index contributed by atoms with van der Waals surface area (Å²) in [6.45, 7) is 5.76. The van der Waals surface area contributed by atoms with Crippen molar-refractivity contribution in [1.29, 1.82) is 0 Å². The second-order valence-electron chi connectivity index (χ2n) is 6.02. The van der Waals surface area contributed by atoms with Crippen molar-refractivity contribution in [3.8, 4) is 5.69 Å². The van der Waals surface area contributed by atoms with E-state index < -0.39 is 17.1 Å². The SMILES string of the molecule is Cc1cc(=O)c(C(=O)O)nn1-c1ccc(N2CCN(C)CC2)cc1. The highest BCUT2D eigenvalue weighted by molar-refractivity contribution is 5.84. The van der Waals surface area contributed by atoms with Gasteiger partial charge in [0.15, 0.2) is 0 Å². The number of likely N-dealkylation sites (N-methyl/N-ethyl adjacent to an activating group) is 1. The van der Waals surface area contributed by atoms with Gasteiger partial charge >= 0.3 is 5.97 Å². The number of hydrogen-bond donors (Lipinski definition) is 1. The van der Waals surface area contributed by atoms with E-state index in [0.717, 1.165) is 37.6 Å². The van der Waals surface area contributed by atoms with Crippen molar-refractivity contribution in [2.75, 3.05) is 38.1 Å². The van der Waals surface area contributed by atoms with E-state index in [-0.39, 0.29) is 0 Å². The minimum Gasteiger partial charge on any atom is -0.476 e. The highest BCUT2D eigenvalue weighted by Crippen LogP contribution is 2.19. The van der Waals surface area contributed by atoms with Crippen LogP contribution in [0.2, 0.25) is 0 Å². The fourth-order valence-corrected chi connectivity index (χ4v) is 2.83. The molecule has 1 saturated heterocycles. The first kappa shape index (κ1) is 16.2. The van der Waals surface area contributed by atoms with E-state index in [9.17, 15) is 9.59 Å². The maximum atomic E-state index is 11.7. The fourth-order valence-electron chi connectivity index (χ4n) is 2.83. The predicted octanol–water partition coefficient (Wildman–Crippen LogP) is 0.991. The molecule has 7 nitrogen and oxygen atoms in total. The summed E-state index contributed by atoms with van der Waals surface area (Å²) < 4.78 is 1.48. The first-order valence-electron chi connectivity index (χ1n) is 7.84. The molecule has 0 bridgehead atoms. The summed E-state index contributed by atoms with van der Waals surface area (Å²) in [5.41, 5.74) is 1.41. The topological polar surface area (TPSA) is 78.7 Å². The van der Waals surface area contributed by atoms with Crippen LogP contribution in [-0.4, -0.2) is 59.0 Å². The number of piperazine rings is 1. The Morgan fingerprint density at radius 1 is 1.08 bits per heavy atom. The Kier molecular flexibility index (Phi) is 4.35. The zero-order valence-electron chi connectivity index (χ0n) is 13.8. The third-order valence-corrected chi connectivity index (χ3v) is 4.27. The van der Waals surface area contributed by atoms with Gasteiger partial charge in [-0.15, -0.1) is 0 Å². The Morgan fingerprint density at radius 3 is 2.25 bits per heavy atom. The molecule has 24 heavy (non-hydrogen) atoms. The van der Waals surface area contributed by atoms with Crippen LogP contribution in [0.25, 0.3) is 5.69 Å². The number of carboxylic acids is 1. The van der Waals surface area contributed by atoms with Crippen molar-refractivity contribution >= 4 is 11.7 Å². The van der Waals surface area contributed by atoms with Crippen molar-refractivity contribution in [1.82, 2.24) is 14.7 Å². The van der Waals surface area contributed by atoms with Crippen LogP contribution in [0.5, 0.6) is 0 Å². The Bertz CT molecular complexity index is 806. The zero-order chi connectivity index (χ0) is 17.3. The molecule has 0 saturated carbocycles. The van der Waals surface area contributed by atoms with Gasteiger partial charge in [0.1, 0.15) is 0 Å². The van der Waals surface area contributed by atoms with Gasteiger partial charge < -0.3 is 14.9 Å². The maximum absolute atomic E-state index is 11.7. The molecule has 1 aliphatic rings. The van der Waals surface area contributed by atoms with E-state index in [1.807, 2.05) is 24.3 Å². The number of nitrogens with zero attached hydrogens (tertiary/aromatic N) is 4. The molecule has 0 amide bonds. The number of rotatable bonds is 3. The molecule has 1 aliphatic heterocycles. The van der Waals surface area contributed by atoms with Crippen LogP contribution in [0, 0.1) is 6.92 Å². The maximum Gasteiger partial charge on any atom is 0.360 e. The molecule has 7 heteroatoms. The number of carbonyl (C=O) groups is 1. The number of hydrogen-bond acceptors (Lipinski definition) is 5. The van der Waals surface area contributed by atoms with Crippen LogP contribution < -0.4 is 10.3 Å². The highest BCUT2D eigenvalue weighted by atomic mass is 16.4. The van der Waals surface area contributed by atoms with Crippen LogP contribution in [0.1, 0.15) is 16.2 Å². The van der Waals surface area contributed by atoms with Gasteiger partial charge in [0.2, 0.25) is 11.1 Å². The standard InChI is InChI=1S/C17H20N4O3/c1-12-11-15(22)16(17(23)24)18-21(12)14-5-3-13(4-6-14)20-9-7-19(2)8-10-20/h3-6,11H,7-10H2,1-2H3,(H,23,24). The van der Waals surface area contributed by atoms with Gasteiger partial charge in [0.05, 0.1) is 5.69 Å². The minimum absolute atomic E-state index is 0.469. The quantitative estimate of drug-likeness (QED) is 0.905. The average Bonchev–Trinajstić information content (AvgIpc) is 2.55. The number of aromatic carboxylic acids is 1. The van der Waals surface area contributed by atoms with E-state index >= 15 is 0 Å². The summed E-state index contributed by atoms with van der Waals surface area (Å²) in [6, 6.07) is 9.08. The first-order chi connectivity index (χ1) is 11.5. The van der Waals surface area contributed by atoms with E-state index in [0.29, 0.717) is 5.69 Å². The van der Waals surface area contributed by atoms with Crippen molar-refractivity contribution in [2.45, 2.75) is 6.92 Å². The Hall–Kier alpha value is -2.67. The van der Waals surface area contributed by atoms with Gasteiger partial charge in [-0.05, 0) is 38.2 Å². The summed E-state index contributed by atoms with van der Waals surface area (Å²) in [6.07, 6.45) is 0. The zero-order valence-corrected chi connectivity index (χ0v) is 13.8. The highest BCUT2D eigenvalue weighted by Gasteiger charge is 2.16. The molecule has 1 N–H and O–H groups in total. The lowest BCUT2D eigenvalue weighted by atomic mass is 10.2. The van der Waals surface area contributed by atoms with Crippen LogP contribution in [0.15, 0.2) is 35.1 Å². The lowest BCUT2D eigenvalue weighted by molar-refractivity contribution is 0.0686. The first-order valence-corrected chi connectivity index (χ1v) is 7.84. The van der Waals surface area contributed by atoms with E-state index in [1.54, 1.807) is 6.92 Å². The van der Waals surface area contributed by atoms with E-state index in [1.165, 1.54) is 10.7 Å². The molecule has 0 unspecified atom stereocenters. The molecular weight excluding hydrogens is 308 g/mol. The third kappa shape index (κ3) is 3.16. The summed E-state index contributed by atoms with van der Waals surface area (Å²) in [5, 5.41) is 13.1. The molecule has 0 spiro atoms. The average molecular weight is 328 g/mol. The van der Waals surface area contributed by atoms with Crippen LogP contribution in [0.3, 0.4) is 0 Å². The molecule has 3 rings (SSSR count). The molecule has 2 heterocycles. The molecule has 1 fully saturated rings. The van der Waals surface area contributed by atoms with Crippen LogP contribution in [-0.2, 0) is 0 Å². The molecule has 1 aromatic heterocycles. The fraction of sp³-hybridized carbons (Fsp3) is 0.353. The molecule has 0 aliphatic carbocycles. The lowest BCUT2D eigenvalue weighted by Gasteiger charge is -2.34. The summed E-state index contributed by atoms with van der Waals surface area (Å²) in [7, 11) is 2.12. The Morgan fingerprint density at radius 2 is 1.67 bits per heavy atom. The molecule has 0 radical (unpaired) electrons. The predicted molar refractivity (Wildman–Crippen MR) is 91.2 cm³/mol. The number of anilines is 1. The Labute approximate surface area is 139 Å². The van der Waals surface area contributed by atoms with Gasteiger partial charge in [-0.2, -0.15) is 5.10 Å². The summed E-state index contributed by atoms with van der Waals surface area (Å²) in [5.74, 6) is -1.32. The largest absolute Gasteiger partial charge is 0.476 e. The normalized spacial score (nSPS) is 15.5. The van der Waals surface area contributed by atoms with E-state index in [2.05, 4.69) is 21.9 Å². The van der Waals surface area contributed by atoms with Gasteiger partial charge in [-0.1, -0.05) is 0 Å². The Balaban J connectivity index is 1.90. The lowest BCUT2D eigenvalue weighted by Crippen LogP contribution is -2.44. The van der Waals surface area contributed by atoms with Crippen LogP contribution >= 0.6 is 0 Å². The van der Waals surface area contributed by atoms with Gasteiger partial charge in [-0.3, -0.25) is 4.79 Å². The third-order valence-electron chi connectivity index (χ3n) is 4.27. The van der Waals surface area contributed by atoms with Crippen LogP contribution in [0.4, 0.5) is 5.69 Å². The van der Waals surface area contributed by atoms with Crippen molar-refractivity contribution in [3.05, 3.63) is 51.9 Å². The summed E-state index contributed by atoms with van der Waals surface area (Å²) in [4.78, 5) is 27.4. The summed E-state index contributed by atoms with van der Waals surface area (Å²) >= 11 is 0. The molecular formula is C17H20N4O3. The number of benzene rings is 1. The van der Waals surface area contributed by atoms with Crippen molar-refractivity contribution in [3.63, 3.8) is 0 Å². The smallest absolute Gasteiger partial charge is 0.360 e. The van der Waals surface area contributed by atoms with Gasteiger partial charge in [0.25, 0.3) is 0 Å². The second kappa shape index (κ2) is 6.45. The number of aromatic nitrogens is 2. The molecule has 0 atom stereocenters. The number of carboxylic acid groups (broad SMARTS) is 1. The number of aryl methyl sites for hydroxylation is 1. The van der Waals surface area contributed by atoms with E-state index in [4.69, 9.17) is 5.11 Å². The molecule has 1 aromatic carbocycles. The molecule has 2 aromatic rings. The minimum atomic E-state index is -1.32. The molecule has 126 valence electrons. The van der Waals surface area contributed by atoms with Crippen molar-refractivity contribution < 1.29 is 9.90 Å². The van der Waals surface area contributed by atoms with Gasteiger partial charge in [0, 0.05) is 43.6 Å². The van der Waals surface area contributed by atoms with Gasteiger partial charge in [-0.25, -0.2) is 9.48 Å². The monoisotopic (exact) mass is 328 g/mol. The second-order valence-corrected chi connectivity index (χ2v) is 6.02. The van der Waals surface area contributed by atoms with Crippen molar-refractivity contribution in [2.24, 2.45) is 0 Å².